The maximum atomic E-state index is 11.5. The Morgan fingerprint density at radius 1 is 1.30 bits per heavy atom. The molecule has 2 heterocycles. The van der Waals surface area contributed by atoms with Crippen molar-refractivity contribution in [1.29, 1.82) is 5.26 Å². The highest BCUT2D eigenvalue weighted by Gasteiger charge is 2.25. The Morgan fingerprint density at radius 2 is 2.07 bits per heavy atom. The zero-order valence-electron chi connectivity index (χ0n) is 16.4. The normalized spacial score (nSPS) is 20.2. The van der Waals surface area contributed by atoms with E-state index < -0.39 is 0 Å². The largest absolute Gasteiger partial charge is 0.400 e. The number of pyridine rings is 1. The maximum absolute atomic E-state index is 11.5. The van der Waals surface area contributed by atoms with Gasteiger partial charge in [-0.2, -0.15) is 5.26 Å². The summed E-state index contributed by atoms with van der Waals surface area (Å²) in [6, 6.07) is 6.35. The number of nitriles is 1. The average molecular weight is 373 g/mol. The molecule has 6 nitrogen and oxygen atoms in total. The highest BCUT2D eigenvalue weighted by atomic mass is 16.2. The molecule has 1 amide bonds. The van der Waals surface area contributed by atoms with Crippen molar-refractivity contribution in [3.63, 3.8) is 0 Å². The predicted molar refractivity (Wildman–Crippen MR) is 106 cm³/mol. The number of nitrogens with zero attached hydrogens (tertiary/aromatic N) is 4. The van der Waals surface area contributed by atoms with Crippen LogP contribution >= 0.6 is 0 Å². The van der Waals surface area contributed by atoms with Gasteiger partial charge in [-0.3, -0.25) is 4.79 Å². The van der Waals surface area contributed by atoms with Crippen molar-refractivity contribution < 1.29 is 9.90 Å². The fraction of sp³-hybridized carbons (Fsp3) is 0.667. The number of amides is 1. The third kappa shape index (κ3) is 5.93. The first kappa shape index (κ1) is 21.2. The molecule has 1 saturated heterocycles. The van der Waals surface area contributed by atoms with Gasteiger partial charge in [-0.25, -0.2) is 4.98 Å². The number of piperidine rings is 1. The zero-order chi connectivity index (χ0) is 19.5. The van der Waals surface area contributed by atoms with Crippen molar-refractivity contribution in [3.8, 4) is 6.07 Å². The molecule has 2 fully saturated rings. The van der Waals surface area contributed by atoms with Gasteiger partial charge in [0.05, 0.1) is 5.56 Å². The molecule has 0 aromatic carbocycles. The molecular weight excluding hydrogens is 340 g/mol. The van der Waals surface area contributed by atoms with Gasteiger partial charge in [-0.1, -0.05) is 19.3 Å². The smallest absolute Gasteiger partial charge is 0.209 e. The lowest BCUT2D eigenvalue weighted by Gasteiger charge is -2.36. The molecule has 2 aliphatic rings. The summed E-state index contributed by atoms with van der Waals surface area (Å²) in [5.41, 5.74) is 0.653. The molecule has 1 aromatic rings. The molecule has 148 valence electrons. The first-order valence-electron chi connectivity index (χ1n) is 10.1. The highest BCUT2D eigenvalue weighted by molar-refractivity contribution is 5.53. The van der Waals surface area contributed by atoms with Crippen LogP contribution in [0.15, 0.2) is 18.3 Å². The first-order valence-corrected chi connectivity index (χ1v) is 10.1. The lowest BCUT2D eigenvalue weighted by Crippen LogP contribution is -2.40. The zero-order valence-corrected chi connectivity index (χ0v) is 16.4. The van der Waals surface area contributed by atoms with E-state index in [0.717, 1.165) is 64.7 Å². The van der Waals surface area contributed by atoms with Crippen molar-refractivity contribution in [3.05, 3.63) is 23.9 Å². The van der Waals surface area contributed by atoms with E-state index in [2.05, 4.69) is 16.0 Å². The molecule has 1 unspecified atom stereocenters. The minimum atomic E-state index is 0.451. The second-order valence-electron chi connectivity index (χ2n) is 7.36. The van der Waals surface area contributed by atoms with Crippen molar-refractivity contribution >= 4 is 12.2 Å². The minimum absolute atomic E-state index is 0.451. The minimum Gasteiger partial charge on any atom is -0.400 e. The van der Waals surface area contributed by atoms with Crippen LogP contribution in [-0.2, 0) is 4.79 Å². The second kappa shape index (κ2) is 11.6. The fourth-order valence-corrected chi connectivity index (χ4v) is 4.29. The summed E-state index contributed by atoms with van der Waals surface area (Å²) in [6.07, 6.45) is 12.3. The molecule has 1 aliphatic heterocycles. The van der Waals surface area contributed by atoms with Crippen LogP contribution in [0.4, 0.5) is 5.82 Å². The molecule has 1 aromatic heterocycles. The Kier molecular flexibility index (Phi) is 9.06. The lowest BCUT2D eigenvalue weighted by molar-refractivity contribution is -0.121. The predicted octanol–water partition coefficient (Wildman–Crippen LogP) is 2.96. The number of aliphatic hydroxyl groups excluding tert-OH is 1. The van der Waals surface area contributed by atoms with Crippen molar-refractivity contribution in [1.82, 2.24) is 9.88 Å². The van der Waals surface area contributed by atoms with Crippen molar-refractivity contribution in [2.75, 3.05) is 31.6 Å². The number of hydrogen-bond acceptors (Lipinski definition) is 5. The molecule has 27 heavy (non-hydrogen) atoms. The number of carbonyl (C=O) groups is 1. The van der Waals surface area contributed by atoms with Gasteiger partial charge < -0.3 is 14.9 Å². The summed E-state index contributed by atoms with van der Waals surface area (Å²) < 4.78 is 0. The molecule has 1 saturated carbocycles. The van der Waals surface area contributed by atoms with Gasteiger partial charge in [0.25, 0.3) is 0 Å². The Labute approximate surface area is 162 Å². The SMILES string of the molecule is CO.N#Cc1cccnc1N1CCCC(CCN(C=O)C2CCCCC2)C1. The Hall–Kier alpha value is -2.13. The molecule has 1 aliphatic carbocycles. The molecule has 0 radical (unpaired) electrons. The van der Waals surface area contributed by atoms with Crippen molar-refractivity contribution in [2.24, 2.45) is 5.92 Å². The molecule has 6 heteroatoms. The Balaban J connectivity index is 0.00000126. The number of carbonyl (C=O) groups excluding carboxylic acids is 1. The van der Waals surface area contributed by atoms with Crippen LogP contribution in [0, 0.1) is 17.2 Å². The van der Waals surface area contributed by atoms with Gasteiger partial charge in [0, 0.05) is 39.0 Å². The number of rotatable bonds is 6. The number of aromatic nitrogens is 1. The summed E-state index contributed by atoms with van der Waals surface area (Å²) in [5, 5.41) is 16.3. The molecule has 0 bridgehead atoms. The van der Waals surface area contributed by atoms with Crippen LogP contribution in [0.1, 0.15) is 56.9 Å². The summed E-state index contributed by atoms with van der Waals surface area (Å²) in [6.45, 7) is 2.76. The molecule has 1 N–H and O–H groups in total. The number of anilines is 1. The number of hydrogen-bond donors (Lipinski definition) is 1. The molecule has 0 spiro atoms. The van der Waals surface area contributed by atoms with Crippen LogP contribution in [0.5, 0.6) is 0 Å². The average Bonchev–Trinajstić information content (AvgIpc) is 2.76. The third-order valence-corrected chi connectivity index (χ3v) is 5.70. The van der Waals surface area contributed by atoms with E-state index >= 15 is 0 Å². The quantitative estimate of drug-likeness (QED) is 0.777. The van der Waals surface area contributed by atoms with E-state index in [4.69, 9.17) is 5.11 Å². The molecule has 1 atom stereocenters. The Morgan fingerprint density at radius 3 is 2.78 bits per heavy atom. The van der Waals surface area contributed by atoms with Crippen molar-refractivity contribution in [2.45, 2.75) is 57.4 Å². The van der Waals surface area contributed by atoms with Gasteiger partial charge in [-0.15, -0.1) is 0 Å². The van der Waals surface area contributed by atoms with Crippen LogP contribution in [0.3, 0.4) is 0 Å². The van der Waals surface area contributed by atoms with E-state index in [9.17, 15) is 10.1 Å². The van der Waals surface area contributed by atoms with Gasteiger partial charge >= 0.3 is 0 Å². The monoisotopic (exact) mass is 372 g/mol. The van der Waals surface area contributed by atoms with Gasteiger partial charge in [0.2, 0.25) is 6.41 Å². The second-order valence-corrected chi connectivity index (χ2v) is 7.36. The van der Waals surface area contributed by atoms with E-state index in [1.165, 1.54) is 25.7 Å². The van der Waals surface area contributed by atoms with Gasteiger partial charge in [0.1, 0.15) is 11.9 Å². The summed E-state index contributed by atoms with van der Waals surface area (Å²) >= 11 is 0. The van der Waals surface area contributed by atoms with Crippen LogP contribution in [-0.4, -0.2) is 54.2 Å². The standard InChI is InChI=1S/C20H28N4O.CH4O/c21-14-18-7-4-11-22-20(18)23-12-5-6-17(15-23)10-13-24(16-25)19-8-2-1-3-9-19;1-2/h4,7,11,16-17,19H,1-3,5-6,8-10,12-13,15H2;2H,1H3. The molecule has 3 rings (SSSR count). The van der Waals surface area contributed by atoms with E-state index in [0.29, 0.717) is 17.5 Å². The highest BCUT2D eigenvalue weighted by Crippen LogP contribution is 2.27. The van der Waals surface area contributed by atoms with Gasteiger partial charge in [0.15, 0.2) is 0 Å². The first-order chi connectivity index (χ1) is 13.3. The van der Waals surface area contributed by atoms with E-state index in [1.807, 2.05) is 17.0 Å². The third-order valence-electron chi connectivity index (χ3n) is 5.70. The lowest BCUT2D eigenvalue weighted by atomic mass is 9.92. The molecular formula is C21H32N4O2. The van der Waals surface area contributed by atoms with Crippen LogP contribution in [0.2, 0.25) is 0 Å². The van der Waals surface area contributed by atoms with Gasteiger partial charge in [-0.05, 0) is 50.2 Å². The summed E-state index contributed by atoms with van der Waals surface area (Å²) in [4.78, 5) is 20.2. The van der Waals surface area contributed by atoms with E-state index in [-0.39, 0.29) is 0 Å². The van der Waals surface area contributed by atoms with Crippen LogP contribution < -0.4 is 4.90 Å². The number of aliphatic hydroxyl groups is 1. The Bertz CT molecular complexity index is 610. The topological polar surface area (TPSA) is 80.5 Å². The van der Waals surface area contributed by atoms with E-state index in [1.54, 1.807) is 6.20 Å². The van der Waals surface area contributed by atoms with Crippen LogP contribution in [0.25, 0.3) is 0 Å². The fourth-order valence-electron chi connectivity index (χ4n) is 4.29. The summed E-state index contributed by atoms with van der Waals surface area (Å²) in [7, 11) is 1.00. The maximum Gasteiger partial charge on any atom is 0.209 e. The summed E-state index contributed by atoms with van der Waals surface area (Å²) in [5.74, 6) is 1.38.